The van der Waals surface area contributed by atoms with E-state index in [0.717, 1.165) is 11.8 Å². The molecule has 0 bridgehead atoms. The molecule has 0 aromatic rings. The van der Waals surface area contributed by atoms with Crippen LogP contribution in [0.1, 0.15) is 6.92 Å². The van der Waals surface area contributed by atoms with E-state index in [0.29, 0.717) is 5.75 Å². The molecule has 0 aromatic carbocycles. The van der Waals surface area contributed by atoms with Crippen LogP contribution in [0.25, 0.3) is 0 Å². The number of hydrogen-bond donors (Lipinski definition) is 1. The third kappa shape index (κ3) is 2.38. The van der Waals surface area contributed by atoms with Crippen molar-refractivity contribution in [1.82, 2.24) is 0 Å². The second-order valence-electron chi connectivity index (χ2n) is 2.18. The average Bonchev–Trinajstić information content (AvgIpc) is 2.34. The van der Waals surface area contributed by atoms with Gasteiger partial charge in [-0.15, -0.1) is 11.8 Å². The highest BCUT2D eigenvalue weighted by Crippen LogP contribution is 2.25. The molecule has 0 aromatic heterocycles. The van der Waals surface area contributed by atoms with Crippen molar-refractivity contribution >= 4 is 23.7 Å². The number of rotatable bonds is 2. The quantitative estimate of drug-likeness (QED) is 0.623. The first-order valence-electron chi connectivity index (χ1n) is 3.26. The van der Waals surface area contributed by atoms with E-state index in [1.165, 1.54) is 6.92 Å². The van der Waals surface area contributed by atoms with Crippen LogP contribution in [0, 0.1) is 0 Å². The molecule has 0 aliphatic carbocycles. The first-order valence-corrected chi connectivity index (χ1v) is 4.31. The van der Waals surface area contributed by atoms with Gasteiger partial charge in [0, 0.05) is 6.92 Å². The van der Waals surface area contributed by atoms with Crippen LogP contribution < -0.4 is 0 Å². The van der Waals surface area contributed by atoms with Crippen LogP contribution in [0.2, 0.25) is 0 Å². The minimum Gasteiger partial charge on any atom is -0.479 e. The minimum absolute atomic E-state index is 0.372. The molecule has 68 valence electrons. The fourth-order valence-corrected chi connectivity index (χ4v) is 1.58. The maximum Gasteiger partial charge on any atom is 0.343 e. The van der Waals surface area contributed by atoms with Gasteiger partial charge in [-0.1, -0.05) is 0 Å². The van der Waals surface area contributed by atoms with E-state index in [9.17, 15) is 9.59 Å². The topological polar surface area (TPSA) is 72.8 Å². The van der Waals surface area contributed by atoms with Gasteiger partial charge in [-0.2, -0.15) is 0 Å². The van der Waals surface area contributed by atoms with Crippen molar-refractivity contribution in [1.29, 1.82) is 0 Å². The van der Waals surface area contributed by atoms with Crippen LogP contribution in [0.4, 0.5) is 0 Å². The summed E-state index contributed by atoms with van der Waals surface area (Å²) in [6, 6.07) is 0. The Bertz CT molecular complexity index is 204. The van der Waals surface area contributed by atoms with Crippen molar-refractivity contribution in [2.75, 3.05) is 5.75 Å². The molecule has 5 nitrogen and oxygen atoms in total. The van der Waals surface area contributed by atoms with Crippen LogP contribution in [0.15, 0.2) is 0 Å². The van der Waals surface area contributed by atoms with E-state index in [1.807, 2.05) is 0 Å². The fourth-order valence-electron chi connectivity index (χ4n) is 0.759. The van der Waals surface area contributed by atoms with Gasteiger partial charge in [0.1, 0.15) is 0 Å². The molecule has 1 heterocycles. The number of esters is 1. The van der Waals surface area contributed by atoms with Crippen molar-refractivity contribution in [2.24, 2.45) is 0 Å². The number of aliphatic carboxylic acids is 1. The Balaban J connectivity index is 2.35. The second-order valence-corrected chi connectivity index (χ2v) is 3.27. The van der Waals surface area contributed by atoms with Crippen LogP contribution in [0.5, 0.6) is 0 Å². The average molecular weight is 192 g/mol. The van der Waals surface area contributed by atoms with Gasteiger partial charge >= 0.3 is 11.9 Å². The summed E-state index contributed by atoms with van der Waals surface area (Å²) in [5.41, 5.74) is -0.908. The van der Waals surface area contributed by atoms with Crippen molar-refractivity contribution in [3.63, 3.8) is 0 Å². The lowest BCUT2D eigenvalue weighted by atomic mass is 10.7. The number of carbonyl (C=O) groups excluding carboxylic acids is 1. The van der Waals surface area contributed by atoms with Gasteiger partial charge in [0.2, 0.25) is 11.7 Å². The summed E-state index contributed by atoms with van der Waals surface area (Å²) >= 11 is 1.10. The maximum absolute atomic E-state index is 10.4. The predicted molar refractivity (Wildman–Crippen MR) is 40.5 cm³/mol. The number of carboxylic acid groups (broad SMARTS) is 1. The third-order valence-electron chi connectivity index (χ3n) is 1.16. The SMILES string of the molecule is CC(=O)O[C@H]1CS[C@H](C(=O)O)O1. The normalized spacial score (nSPS) is 28.4. The van der Waals surface area contributed by atoms with Gasteiger partial charge in [0.15, 0.2) is 0 Å². The highest BCUT2D eigenvalue weighted by atomic mass is 32.2. The van der Waals surface area contributed by atoms with Crippen LogP contribution in [-0.2, 0) is 19.1 Å². The highest BCUT2D eigenvalue weighted by molar-refractivity contribution is 8.00. The van der Waals surface area contributed by atoms with Gasteiger partial charge in [-0.05, 0) is 0 Å². The van der Waals surface area contributed by atoms with E-state index in [1.54, 1.807) is 0 Å². The molecule has 1 rings (SSSR count). The molecule has 0 radical (unpaired) electrons. The molecule has 1 saturated heterocycles. The molecule has 6 heteroatoms. The Kier molecular flexibility index (Phi) is 2.93. The molecule has 0 amide bonds. The van der Waals surface area contributed by atoms with Crippen molar-refractivity contribution in [3.05, 3.63) is 0 Å². The summed E-state index contributed by atoms with van der Waals surface area (Å²) in [5, 5.41) is 8.48. The highest BCUT2D eigenvalue weighted by Gasteiger charge is 2.32. The van der Waals surface area contributed by atoms with Crippen molar-refractivity contribution in [3.8, 4) is 0 Å². The molecule has 0 saturated carbocycles. The molecule has 1 fully saturated rings. The van der Waals surface area contributed by atoms with E-state index in [2.05, 4.69) is 4.74 Å². The van der Waals surface area contributed by atoms with Crippen molar-refractivity contribution < 1.29 is 24.2 Å². The Morgan fingerprint density at radius 2 is 2.33 bits per heavy atom. The zero-order chi connectivity index (χ0) is 9.14. The molecule has 0 spiro atoms. The molecule has 2 atom stereocenters. The summed E-state index contributed by atoms with van der Waals surface area (Å²) in [4.78, 5) is 20.8. The summed E-state index contributed by atoms with van der Waals surface area (Å²) in [6.45, 7) is 1.25. The van der Waals surface area contributed by atoms with E-state index in [4.69, 9.17) is 9.84 Å². The Morgan fingerprint density at radius 3 is 2.75 bits per heavy atom. The predicted octanol–water partition coefficient (Wildman–Crippen LogP) is 0.0497. The van der Waals surface area contributed by atoms with Gasteiger partial charge in [-0.25, -0.2) is 4.79 Å². The smallest absolute Gasteiger partial charge is 0.343 e. The van der Waals surface area contributed by atoms with Crippen molar-refractivity contribution in [2.45, 2.75) is 18.6 Å². The zero-order valence-corrected chi connectivity index (χ0v) is 7.17. The molecule has 1 N–H and O–H groups in total. The van der Waals surface area contributed by atoms with Crippen LogP contribution in [0.3, 0.4) is 0 Å². The Labute approximate surface area is 73.0 Å². The van der Waals surface area contributed by atoms with E-state index >= 15 is 0 Å². The number of carboxylic acids is 1. The molecule has 0 unspecified atom stereocenters. The summed E-state index contributed by atoms with van der Waals surface area (Å²) in [6.07, 6.45) is -0.714. The number of hydrogen-bond acceptors (Lipinski definition) is 5. The molecular weight excluding hydrogens is 184 g/mol. The lowest BCUT2D eigenvalue weighted by molar-refractivity contribution is -0.177. The van der Waals surface area contributed by atoms with Gasteiger partial charge in [0.05, 0.1) is 5.75 Å². The third-order valence-corrected chi connectivity index (χ3v) is 2.24. The zero-order valence-electron chi connectivity index (χ0n) is 6.35. The van der Waals surface area contributed by atoms with Crippen LogP contribution >= 0.6 is 11.8 Å². The van der Waals surface area contributed by atoms with E-state index < -0.39 is 23.7 Å². The summed E-state index contributed by atoms with van der Waals surface area (Å²) in [5.74, 6) is -1.14. The first kappa shape index (κ1) is 9.34. The fraction of sp³-hybridized carbons (Fsp3) is 0.667. The standard InChI is InChI=1S/C6H8O5S/c1-3(7)10-4-2-12-6(11-4)5(8)9/h4,6H,2H2,1H3,(H,8,9)/t4-,6-/m1/s1. The minimum atomic E-state index is -1.05. The van der Waals surface area contributed by atoms with Gasteiger partial charge < -0.3 is 14.6 Å². The van der Waals surface area contributed by atoms with Gasteiger partial charge in [-0.3, -0.25) is 4.79 Å². The summed E-state index contributed by atoms with van der Waals surface area (Å²) in [7, 11) is 0. The second kappa shape index (κ2) is 3.77. The number of carbonyl (C=O) groups is 2. The molecule has 12 heavy (non-hydrogen) atoms. The van der Waals surface area contributed by atoms with E-state index in [-0.39, 0.29) is 0 Å². The largest absolute Gasteiger partial charge is 0.479 e. The van der Waals surface area contributed by atoms with Gasteiger partial charge in [0.25, 0.3) is 0 Å². The monoisotopic (exact) mass is 192 g/mol. The van der Waals surface area contributed by atoms with Crippen LogP contribution in [-0.4, -0.2) is 34.5 Å². The first-order chi connectivity index (χ1) is 5.59. The molecule has 1 aliphatic heterocycles. The Morgan fingerprint density at radius 1 is 1.67 bits per heavy atom. The number of ether oxygens (including phenoxy) is 2. The number of thioether (sulfide) groups is 1. The maximum atomic E-state index is 10.4. The molecule has 1 aliphatic rings. The summed E-state index contributed by atoms with van der Waals surface area (Å²) < 4.78 is 9.50. The lowest BCUT2D eigenvalue weighted by Crippen LogP contribution is -2.22. The Hall–Kier alpha value is -0.750. The molecular formula is C6H8O5S. The lowest BCUT2D eigenvalue weighted by Gasteiger charge is -2.08.